The van der Waals surface area contributed by atoms with E-state index in [-0.39, 0.29) is 11.4 Å². The van der Waals surface area contributed by atoms with E-state index >= 15 is 0 Å². The first kappa shape index (κ1) is 17.6. The third kappa shape index (κ3) is 4.61. The first-order chi connectivity index (χ1) is 12.0. The molecule has 9 heteroatoms. The van der Waals surface area contributed by atoms with E-state index in [0.717, 1.165) is 17.7 Å². The van der Waals surface area contributed by atoms with Gasteiger partial charge in [-0.05, 0) is 24.3 Å². The van der Waals surface area contributed by atoms with Crippen molar-refractivity contribution in [1.82, 2.24) is 0 Å². The molecule has 2 rings (SSSR count). The Balaban J connectivity index is 2.10. The number of nitro benzene ring substituents is 2. The van der Waals surface area contributed by atoms with E-state index in [1.165, 1.54) is 12.3 Å². The van der Waals surface area contributed by atoms with Gasteiger partial charge in [-0.25, -0.2) is 0 Å². The molecule has 0 spiro atoms. The van der Waals surface area contributed by atoms with Gasteiger partial charge in [-0.15, -0.1) is 0 Å². The van der Waals surface area contributed by atoms with Gasteiger partial charge in [0.25, 0.3) is 5.69 Å². The van der Waals surface area contributed by atoms with Crippen LogP contribution in [0.15, 0.2) is 53.6 Å². The van der Waals surface area contributed by atoms with Gasteiger partial charge in [-0.1, -0.05) is 18.2 Å². The third-order valence-corrected chi connectivity index (χ3v) is 3.15. The van der Waals surface area contributed by atoms with Gasteiger partial charge in [0.05, 0.1) is 23.0 Å². The van der Waals surface area contributed by atoms with Crippen LogP contribution in [0.25, 0.3) is 6.08 Å². The number of benzene rings is 2. The molecule has 0 saturated heterocycles. The van der Waals surface area contributed by atoms with Crippen molar-refractivity contribution in [2.75, 3.05) is 12.5 Å². The number of ether oxygens (including phenoxy) is 1. The molecular formula is C16H14N4O5. The van der Waals surface area contributed by atoms with E-state index in [1.807, 2.05) is 24.3 Å². The lowest BCUT2D eigenvalue weighted by Crippen LogP contribution is -1.98. The molecule has 0 unspecified atom stereocenters. The largest absolute Gasteiger partial charge is 0.496 e. The SMILES string of the molecule is COc1ccccc1C=CC=NNc1ccc([N+](=O)[O-])cc1[N+](=O)[O-]. The predicted molar refractivity (Wildman–Crippen MR) is 93.9 cm³/mol. The van der Waals surface area contributed by atoms with Crippen molar-refractivity contribution in [3.8, 4) is 5.75 Å². The molecule has 0 fully saturated rings. The number of anilines is 1. The van der Waals surface area contributed by atoms with Gasteiger partial charge in [0, 0.05) is 17.8 Å². The fraction of sp³-hybridized carbons (Fsp3) is 0.0625. The Kier molecular flexibility index (Phi) is 5.77. The number of hydrogen-bond acceptors (Lipinski definition) is 7. The summed E-state index contributed by atoms with van der Waals surface area (Å²) in [5.74, 6) is 0.700. The molecule has 25 heavy (non-hydrogen) atoms. The summed E-state index contributed by atoms with van der Waals surface area (Å²) in [6, 6.07) is 10.7. The van der Waals surface area contributed by atoms with Crippen molar-refractivity contribution in [3.63, 3.8) is 0 Å². The van der Waals surface area contributed by atoms with E-state index < -0.39 is 15.5 Å². The summed E-state index contributed by atoms with van der Waals surface area (Å²) < 4.78 is 5.20. The highest BCUT2D eigenvalue weighted by Gasteiger charge is 2.18. The van der Waals surface area contributed by atoms with Gasteiger partial charge < -0.3 is 4.74 Å². The average molecular weight is 342 g/mol. The normalized spacial score (nSPS) is 10.9. The maximum Gasteiger partial charge on any atom is 0.301 e. The lowest BCUT2D eigenvalue weighted by molar-refractivity contribution is -0.393. The number of para-hydroxylation sites is 1. The summed E-state index contributed by atoms with van der Waals surface area (Å²) in [6.45, 7) is 0. The van der Waals surface area contributed by atoms with E-state index in [9.17, 15) is 20.2 Å². The molecule has 2 aromatic carbocycles. The van der Waals surface area contributed by atoms with Gasteiger partial charge in [0.2, 0.25) is 0 Å². The summed E-state index contributed by atoms with van der Waals surface area (Å²) in [5, 5.41) is 25.5. The fourth-order valence-corrected chi connectivity index (χ4v) is 1.98. The molecule has 0 heterocycles. The highest BCUT2D eigenvalue weighted by Crippen LogP contribution is 2.28. The van der Waals surface area contributed by atoms with E-state index in [4.69, 9.17) is 4.74 Å². The van der Waals surface area contributed by atoms with Crippen molar-refractivity contribution in [1.29, 1.82) is 0 Å². The quantitative estimate of drug-likeness (QED) is 0.466. The highest BCUT2D eigenvalue weighted by atomic mass is 16.6. The topological polar surface area (TPSA) is 120 Å². The monoisotopic (exact) mass is 342 g/mol. The Morgan fingerprint density at radius 2 is 1.88 bits per heavy atom. The first-order valence-electron chi connectivity index (χ1n) is 7.04. The van der Waals surface area contributed by atoms with Crippen LogP contribution in [0, 0.1) is 20.2 Å². The molecule has 2 aromatic rings. The molecule has 0 aliphatic carbocycles. The number of hydrogen-bond donors (Lipinski definition) is 1. The Bertz CT molecular complexity index is 848. The molecule has 128 valence electrons. The van der Waals surface area contributed by atoms with Crippen LogP contribution >= 0.6 is 0 Å². The predicted octanol–water partition coefficient (Wildman–Crippen LogP) is 3.62. The second-order valence-corrected chi connectivity index (χ2v) is 4.71. The highest BCUT2D eigenvalue weighted by molar-refractivity contribution is 5.80. The third-order valence-electron chi connectivity index (χ3n) is 3.15. The van der Waals surface area contributed by atoms with E-state index in [2.05, 4.69) is 10.5 Å². The molecule has 0 radical (unpaired) electrons. The van der Waals surface area contributed by atoms with Crippen LogP contribution in [-0.2, 0) is 0 Å². The number of nitrogens with one attached hydrogen (secondary N) is 1. The summed E-state index contributed by atoms with van der Waals surface area (Å²) in [7, 11) is 1.57. The van der Waals surface area contributed by atoms with Crippen molar-refractivity contribution in [2.24, 2.45) is 5.10 Å². The molecule has 9 nitrogen and oxygen atoms in total. The minimum atomic E-state index is -0.713. The average Bonchev–Trinajstić information content (AvgIpc) is 2.61. The summed E-state index contributed by atoms with van der Waals surface area (Å²) in [6.07, 6.45) is 4.79. The summed E-state index contributed by atoms with van der Waals surface area (Å²) >= 11 is 0. The Morgan fingerprint density at radius 3 is 2.56 bits per heavy atom. The van der Waals surface area contributed by atoms with Crippen LogP contribution in [0.3, 0.4) is 0 Å². The molecular weight excluding hydrogens is 328 g/mol. The molecule has 0 aliphatic heterocycles. The van der Waals surface area contributed by atoms with Crippen molar-refractivity contribution >= 4 is 29.4 Å². The molecule has 0 aliphatic rings. The van der Waals surface area contributed by atoms with Gasteiger partial charge in [-0.3, -0.25) is 25.7 Å². The van der Waals surface area contributed by atoms with Gasteiger partial charge in [0.15, 0.2) is 0 Å². The van der Waals surface area contributed by atoms with Gasteiger partial charge in [-0.2, -0.15) is 5.10 Å². The van der Waals surface area contributed by atoms with E-state index in [1.54, 1.807) is 19.3 Å². The van der Waals surface area contributed by atoms with E-state index in [0.29, 0.717) is 5.75 Å². The Hall–Kier alpha value is -3.75. The Morgan fingerprint density at radius 1 is 1.12 bits per heavy atom. The number of nitro groups is 2. The lowest BCUT2D eigenvalue weighted by atomic mass is 10.2. The Labute approximate surface area is 142 Å². The standard InChI is InChI=1S/C16H14N4O5/c1-25-16-7-3-2-5-12(16)6-4-10-17-18-14-9-8-13(19(21)22)11-15(14)20(23)24/h2-11,18H,1H3. The number of non-ortho nitro benzene ring substituents is 1. The maximum absolute atomic E-state index is 11.0. The summed E-state index contributed by atoms with van der Waals surface area (Å²) in [5.41, 5.74) is 2.60. The van der Waals surface area contributed by atoms with Crippen molar-refractivity contribution in [3.05, 3.63) is 74.3 Å². The number of hydrazone groups is 1. The fourth-order valence-electron chi connectivity index (χ4n) is 1.98. The first-order valence-corrected chi connectivity index (χ1v) is 7.04. The minimum absolute atomic E-state index is 0.0533. The van der Waals surface area contributed by atoms with Crippen LogP contribution in [0.2, 0.25) is 0 Å². The van der Waals surface area contributed by atoms with Crippen LogP contribution in [-0.4, -0.2) is 23.2 Å². The lowest BCUT2D eigenvalue weighted by Gasteiger charge is -2.02. The molecule has 1 N–H and O–H groups in total. The number of methoxy groups -OCH3 is 1. The van der Waals surface area contributed by atoms with Crippen LogP contribution in [0.4, 0.5) is 17.1 Å². The molecule has 0 amide bonds. The second kappa shape index (κ2) is 8.20. The van der Waals surface area contributed by atoms with Crippen LogP contribution in [0.5, 0.6) is 5.75 Å². The second-order valence-electron chi connectivity index (χ2n) is 4.71. The zero-order valence-electron chi connectivity index (χ0n) is 13.2. The van der Waals surface area contributed by atoms with Gasteiger partial charge >= 0.3 is 5.69 Å². The summed E-state index contributed by atoms with van der Waals surface area (Å²) in [4.78, 5) is 20.3. The van der Waals surface area contributed by atoms with Crippen LogP contribution < -0.4 is 10.2 Å². The molecule has 0 aromatic heterocycles. The number of allylic oxidation sites excluding steroid dienone is 1. The van der Waals surface area contributed by atoms with Gasteiger partial charge in [0.1, 0.15) is 11.4 Å². The molecule has 0 bridgehead atoms. The number of nitrogens with zero attached hydrogens (tertiary/aromatic N) is 3. The molecule has 0 saturated carbocycles. The maximum atomic E-state index is 11.0. The van der Waals surface area contributed by atoms with Crippen LogP contribution in [0.1, 0.15) is 5.56 Å². The smallest absolute Gasteiger partial charge is 0.301 e. The minimum Gasteiger partial charge on any atom is -0.496 e. The van der Waals surface area contributed by atoms with Crippen molar-refractivity contribution < 1.29 is 14.6 Å². The molecule has 0 atom stereocenters. The number of rotatable bonds is 7. The van der Waals surface area contributed by atoms with Crippen molar-refractivity contribution in [2.45, 2.75) is 0 Å². The zero-order valence-corrected chi connectivity index (χ0v) is 13.2. The zero-order chi connectivity index (χ0) is 18.2.